The van der Waals surface area contributed by atoms with Gasteiger partial charge in [-0.2, -0.15) is 0 Å². The molecular weight excluding hydrogens is 248 g/mol. The van der Waals surface area contributed by atoms with Gasteiger partial charge in [0.25, 0.3) is 0 Å². The van der Waals surface area contributed by atoms with Gasteiger partial charge in [0.2, 0.25) is 0 Å². The number of nitrogens with zero attached hydrogens (tertiary/aromatic N) is 1. The van der Waals surface area contributed by atoms with E-state index in [2.05, 4.69) is 50.4 Å². The predicted molar refractivity (Wildman–Crippen MR) is 82.9 cm³/mol. The zero-order valence-electron chi connectivity index (χ0n) is 12.9. The monoisotopic (exact) mass is 274 g/mol. The lowest BCUT2D eigenvalue weighted by atomic mass is 9.98. The number of hydrogen-bond acceptors (Lipinski definition) is 1. The van der Waals surface area contributed by atoms with Crippen LogP contribution in [0.1, 0.15) is 44.2 Å². The standard InChI is InChI=1S/C17H26N2O/c1-13-6-4-9-16(12-13)10-11-18-17(20)19-14(2)7-5-8-15(19)3/h4,6,9,12,14-15H,5,7-8,10-11H2,1-3H3,(H,18,20). The second kappa shape index (κ2) is 6.78. The molecule has 0 saturated carbocycles. The van der Waals surface area contributed by atoms with E-state index in [1.54, 1.807) is 0 Å². The maximum absolute atomic E-state index is 12.3. The van der Waals surface area contributed by atoms with Gasteiger partial charge >= 0.3 is 6.03 Å². The van der Waals surface area contributed by atoms with E-state index in [9.17, 15) is 4.79 Å². The average Bonchev–Trinajstić information content (AvgIpc) is 2.38. The molecule has 0 aromatic heterocycles. The van der Waals surface area contributed by atoms with E-state index in [1.165, 1.54) is 17.5 Å². The summed E-state index contributed by atoms with van der Waals surface area (Å²) in [6.45, 7) is 7.10. The number of benzene rings is 1. The Morgan fingerprint density at radius 3 is 2.65 bits per heavy atom. The molecule has 110 valence electrons. The van der Waals surface area contributed by atoms with Crippen LogP contribution in [0.2, 0.25) is 0 Å². The zero-order valence-corrected chi connectivity index (χ0v) is 12.9. The molecule has 1 fully saturated rings. The Balaban J connectivity index is 1.82. The highest BCUT2D eigenvalue weighted by molar-refractivity contribution is 5.75. The molecule has 2 unspecified atom stereocenters. The van der Waals surface area contributed by atoms with Crippen LogP contribution in [-0.2, 0) is 6.42 Å². The van der Waals surface area contributed by atoms with Crippen molar-refractivity contribution in [2.45, 2.75) is 58.5 Å². The molecule has 0 aliphatic carbocycles. The summed E-state index contributed by atoms with van der Waals surface area (Å²) in [4.78, 5) is 14.3. The fraction of sp³-hybridized carbons (Fsp3) is 0.588. The van der Waals surface area contributed by atoms with Gasteiger partial charge in [0.05, 0.1) is 0 Å². The van der Waals surface area contributed by atoms with E-state index in [0.717, 1.165) is 19.3 Å². The lowest BCUT2D eigenvalue weighted by Gasteiger charge is -2.38. The fourth-order valence-electron chi connectivity index (χ4n) is 3.09. The van der Waals surface area contributed by atoms with E-state index >= 15 is 0 Å². The quantitative estimate of drug-likeness (QED) is 0.898. The summed E-state index contributed by atoms with van der Waals surface area (Å²) >= 11 is 0. The second-order valence-corrected chi connectivity index (χ2v) is 6.01. The maximum atomic E-state index is 12.3. The molecule has 2 atom stereocenters. The smallest absolute Gasteiger partial charge is 0.317 e. The van der Waals surface area contributed by atoms with Crippen molar-refractivity contribution < 1.29 is 4.79 Å². The van der Waals surface area contributed by atoms with Gasteiger partial charge in [0.15, 0.2) is 0 Å². The third kappa shape index (κ3) is 3.75. The third-order valence-electron chi connectivity index (χ3n) is 4.20. The summed E-state index contributed by atoms with van der Waals surface area (Å²) in [5.74, 6) is 0. The van der Waals surface area contributed by atoms with Crippen LogP contribution in [0.3, 0.4) is 0 Å². The molecule has 0 spiro atoms. The Morgan fingerprint density at radius 2 is 2.00 bits per heavy atom. The number of likely N-dealkylation sites (tertiary alicyclic amines) is 1. The number of urea groups is 1. The molecule has 20 heavy (non-hydrogen) atoms. The summed E-state index contributed by atoms with van der Waals surface area (Å²) in [6.07, 6.45) is 4.37. The molecule has 3 nitrogen and oxygen atoms in total. The van der Waals surface area contributed by atoms with Crippen molar-refractivity contribution in [1.82, 2.24) is 10.2 Å². The normalized spacial score (nSPS) is 22.6. The Bertz CT molecular complexity index is 448. The van der Waals surface area contributed by atoms with E-state index in [-0.39, 0.29) is 6.03 Å². The minimum Gasteiger partial charge on any atom is -0.338 e. The second-order valence-electron chi connectivity index (χ2n) is 6.01. The molecule has 2 rings (SSSR count). The summed E-state index contributed by atoms with van der Waals surface area (Å²) in [7, 11) is 0. The van der Waals surface area contributed by atoms with Crippen molar-refractivity contribution in [2.24, 2.45) is 0 Å². The number of carbonyl (C=O) groups excluding carboxylic acids is 1. The van der Waals surface area contributed by atoms with Gasteiger partial charge in [0, 0.05) is 18.6 Å². The number of aryl methyl sites for hydroxylation is 1. The number of piperidine rings is 1. The molecule has 1 N–H and O–H groups in total. The van der Waals surface area contributed by atoms with E-state index < -0.39 is 0 Å². The van der Waals surface area contributed by atoms with Crippen molar-refractivity contribution in [3.63, 3.8) is 0 Å². The lowest BCUT2D eigenvalue weighted by molar-refractivity contribution is 0.123. The minimum absolute atomic E-state index is 0.0948. The number of carbonyl (C=O) groups is 1. The van der Waals surface area contributed by atoms with Crippen molar-refractivity contribution in [2.75, 3.05) is 6.54 Å². The Labute approximate surface area is 122 Å². The molecular formula is C17H26N2O. The van der Waals surface area contributed by atoms with Gasteiger partial charge in [0.1, 0.15) is 0 Å². The largest absolute Gasteiger partial charge is 0.338 e. The van der Waals surface area contributed by atoms with Crippen LogP contribution in [0.5, 0.6) is 0 Å². The first-order chi connectivity index (χ1) is 9.58. The van der Waals surface area contributed by atoms with Gasteiger partial charge in [-0.3, -0.25) is 0 Å². The molecule has 1 aromatic carbocycles. The van der Waals surface area contributed by atoms with Crippen LogP contribution in [0.25, 0.3) is 0 Å². The van der Waals surface area contributed by atoms with Crippen LogP contribution < -0.4 is 5.32 Å². The number of rotatable bonds is 3. The SMILES string of the molecule is Cc1cccc(CCNC(=O)N2C(C)CCCC2C)c1. The van der Waals surface area contributed by atoms with E-state index in [0.29, 0.717) is 18.6 Å². The predicted octanol–water partition coefficient (Wildman–Crippen LogP) is 3.51. The maximum Gasteiger partial charge on any atom is 0.317 e. The minimum atomic E-state index is 0.0948. The van der Waals surface area contributed by atoms with Crippen LogP contribution in [0, 0.1) is 6.92 Å². The number of amides is 2. The van der Waals surface area contributed by atoms with Crippen molar-refractivity contribution in [3.8, 4) is 0 Å². The van der Waals surface area contributed by atoms with Crippen LogP contribution in [0.4, 0.5) is 4.79 Å². The highest BCUT2D eigenvalue weighted by atomic mass is 16.2. The summed E-state index contributed by atoms with van der Waals surface area (Å²) in [6, 6.07) is 9.28. The zero-order chi connectivity index (χ0) is 14.5. The van der Waals surface area contributed by atoms with Gasteiger partial charge in [-0.05, 0) is 52.0 Å². The number of nitrogens with one attached hydrogen (secondary N) is 1. The first-order valence-electron chi connectivity index (χ1n) is 7.69. The number of hydrogen-bond donors (Lipinski definition) is 1. The molecule has 1 heterocycles. The molecule has 1 aromatic rings. The molecule has 1 aliphatic heterocycles. The van der Waals surface area contributed by atoms with Crippen LogP contribution in [-0.4, -0.2) is 29.6 Å². The summed E-state index contributed by atoms with van der Waals surface area (Å²) in [5, 5.41) is 3.07. The van der Waals surface area contributed by atoms with E-state index in [4.69, 9.17) is 0 Å². The van der Waals surface area contributed by atoms with Gasteiger partial charge < -0.3 is 10.2 Å². The molecule has 0 bridgehead atoms. The summed E-state index contributed by atoms with van der Waals surface area (Å²) in [5.41, 5.74) is 2.55. The topological polar surface area (TPSA) is 32.3 Å². The van der Waals surface area contributed by atoms with Crippen molar-refractivity contribution >= 4 is 6.03 Å². The van der Waals surface area contributed by atoms with Gasteiger partial charge in [-0.1, -0.05) is 29.8 Å². The first kappa shape index (κ1) is 14.9. The first-order valence-corrected chi connectivity index (χ1v) is 7.69. The van der Waals surface area contributed by atoms with Crippen LogP contribution >= 0.6 is 0 Å². The molecule has 0 radical (unpaired) electrons. The van der Waals surface area contributed by atoms with Gasteiger partial charge in [-0.15, -0.1) is 0 Å². The highest BCUT2D eigenvalue weighted by Gasteiger charge is 2.28. The summed E-state index contributed by atoms with van der Waals surface area (Å²) < 4.78 is 0. The Morgan fingerprint density at radius 1 is 1.30 bits per heavy atom. The Kier molecular flexibility index (Phi) is 5.05. The molecule has 3 heteroatoms. The molecule has 1 aliphatic rings. The molecule has 2 amide bonds. The van der Waals surface area contributed by atoms with Gasteiger partial charge in [-0.25, -0.2) is 4.79 Å². The molecule has 1 saturated heterocycles. The van der Waals surface area contributed by atoms with Crippen molar-refractivity contribution in [1.29, 1.82) is 0 Å². The van der Waals surface area contributed by atoms with Crippen molar-refractivity contribution in [3.05, 3.63) is 35.4 Å². The van der Waals surface area contributed by atoms with Crippen LogP contribution in [0.15, 0.2) is 24.3 Å². The Hall–Kier alpha value is -1.51. The highest BCUT2D eigenvalue weighted by Crippen LogP contribution is 2.22. The lowest BCUT2D eigenvalue weighted by Crippen LogP contribution is -2.52. The average molecular weight is 274 g/mol. The fourth-order valence-corrected chi connectivity index (χ4v) is 3.09. The third-order valence-corrected chi connectivity index (χ3v) is 4.20. The van der Waals surface area contributed by atoms with E-state index in [1.807, 2.05) is 4.90 Å².